The van der Waals surface area contributed by atoms with Crippen LogP contribution in [0.3, 0.4) is 0 Å². The molecular weight excluding hydrogens is 228 g/mol. The van der Waals surface area contributed by atoms with Gasteiger partial charge in [0, 0.05) is 12.4 Å². The molecule has 18 heavy (non-hydrogen) atoms. The minimum Gasteiger partial charge on any atom is -0.492 e. The number of benzene rings is 1. The van der Waals surface area contributed by atoms with Crippen molar-refractivity contribution < 1.29 is 9.84 Å². The lowest BCUT2D eigenvalue weighted by Gasteiger charge is -2.08. The zero-order valence-electron chi connectivity index (χ0n) is 10.5. The third-order valence-corrected chi connectivity index (χ3v) is 2.60. The number of aliphatic hydroxyl groups is 1. The van der Waals surface area contributed by atoms with Crippen molar-refractivity contribution in [1.82, 2.24) is 9.78 Å². The fourth-order valence-corrected chi connectivity index (χ4v) is 1.75. The third kappa shape index (κ3) is 3.89. The molecule has 0 amide bonds. The van der Waals surface area contributed by atoms with Gasteiger partial charge in [-0.1, -0.05) is 12.1 Å². The lowest BCUT2D eigenvalue weighted by molar-refractivity contribution is 0.195. The van der Waals surface area contributed by atoms with Crippen molar-refractivity contribution in [1.29, 1.82) is 0 Å². The van der Waals surface area contributed by atoms with Gasteiger partial charge in [0.2, 0.25) is 0 Å². The van der Waals surface area contributed by atoms with Crippen LogP contribution in [0, 0.1) is 0 Å². The van der Waals surface area contributed by atoms with Crippen molar-refractivity contribution >= 4 is 0 Å². The van der Waals surface area contributed by atoms with E-state index in [2.05, 4.69) is 5.10 Å². The Balaban J connectivity index is 1.79. The van der Waals surface area contributed by atoms with Crippen LogP contribution in [0.5, 0.6) is 5.75 Å². The molecule has 4 nitrogen and oxygen atoms in total. The van der Waals surface area contributed by atoms with Crippen LogP contribution in [-0.2, 0) is 13.0 Å². The molecule has 1 atom stereocenters. The highest BCUT2D eigenvalue weighted by Gasteiger charge is 2.00. The molecule has 2 aromatic rings. The zero-order chi connectivity index (χ0) is 12.8. The number of aromatic nitrogens is 2. The van der Waals surface area contributed by atoms with E-state index in [0.717, 1.165) is 17.9 Å². The van der Waals surface area contributed by atoms with Gasteiger partial charge in [-0.2, -0.15) is 5.10 Å². The maximum atomic E-state index is 9.28. The summed E-state index contributed by atoms with van der Waals surface area (Å²) in [5.74, 6) is 0.844. The SMILES string of the molecule is CC(O)Cc1ccc(OCCn2cccn2)cc1. The van der Waals surface area contributed by atoms with Gasteiger partial charge in [0.05, 0.1) is 12.6 Å². The van der Waals surface area contributed by atoms with Crippen LogP contribution >= 0.6 is 0 Å². The molecule has 0 spiro atoms. The number of aliphatic hydroxyl groups excluding tert-OH is 1. The molecule has 0 aliphatic rings. The van der Waals surface area contributed by atoms with Crippen molar-refractivity contribution in [3.63, 3.8) is 0 Å². The Morgan fingerprint density at radius 1 is 1.33 bits per heavy atom. The fraction of sp³-hybridized carbons (Fsp3) is 0.357. The van der Waals surface area contributed by atoms with Gasteiger partial charge in [0.1, 0.15) is 12.4 Å². The molecule has 0 saturated carbocycles. The van der Waals surface area contributed by atoms with E-state index in [1.807, 2.05) is 41.2 Å². The molecule has 1 heterocycles. The second-order valence-electron chi connectivity index (χ2n) is 4.31. The van der Waals surface area contributed by atoms with Crippen molar-refractivity contribution in [2.45, 2.75) is 26.0 Å². The lowest BCUT2D eigenvalue weighted by atomic mass is 10.1. The second-order valence-corrected chi connectivity index (χ2v) is 4.31. The van der Waals surface area contributed by atoms with Crippen molar-refractivity contribution in [2.75, 3.05) is 6.61 Å². The molecule has 0 aliphatic heterocycles. The minimum atomic E-state index is -0.309. The van der Waals surface area contributed by atoms with E-state index in [1.54, 1.807) is 13.1 Å². The summed E-state index contributed by atoms with van der Waals surface area (Å²) in [6.07, 6.45) is 4.03. The first kappa shape index (κ1) is 12.6. The predicted molar refractivity (Wildman–Crippen MR) is 69.5 cm³/mol. The first-order valence-corrected chi connectivity index (χ1v) is 6.11. The van der Waals surface area contributed by atoms with Crippen LogP contribution < -0.4 is 4.74 Å². The Kier molecular flexibility index (Phi) is 4.36. The topological polar surface area (TPSA) is 47.3 Å². The van der Waals surface area contributed by atoms with E-state index in [0.29, 0.717) is 13.0 Å². The zero-order valence-corrected chi connectivity index (χ0v) is 10.5. The van der Waals surface area contributed by atoms with Gasteiger partial charge >= 0.3 is 0 Å². The highest BCUT2D eigenvalue weighted by atomic mass is 16.5. The molecule has 1 unspecified atom stereocenters. The Bertz CT molecular complexity index is 449. The van der Waals surface area contributed by atoms with E-state index < -0.39 is 0 Å². The average Bonchev–Trinajstić information content (AvgIpc) is 2.84. The van der Waals surface area contributed by atoms with E-state index >= 15 is 0 Å². The molecule has 1 N–H and O–H groups in total. The van der Waals surface area contributed by atoms with Crippen LogP contribution in [-0.4, -0.2) is 27.6 Å². The Labute approximate surface area is 107 Å². The number of nitrogens with zero attached hydrogens (tertiary/aromatic N) is 2. The fourth-order valence-electron chi connectivity index (χ4n) is 1.75. The van der Waals surface area contributed by atoms with Gasteiger partial charge in [0.15, 0.2) is 0 Å². The van der Waals surface area contributed by atoms with Crippen LogP contribution in [0.2, 0.25) is 0 Å². The molecule has 0 bridgehead atoms. The number of hydrogen-bond acceptors (Lipinski definition) is 3. The van der Waals surface area contributed by atoms with E-state index in [9.17, 15) is 5.11 Å². The van der Waals surface area contributed by atoms with Gasteiger partial charge in [-0.3, -0.25) is 4.68 Å². The minimum absolute atomic E-state index is 0.309. The molecule has 0 aliphatic carbocycles. The highest BCUT2D eigenvalue weighted by Crippen LogP contribution is 2.13. The summed E-state index contributed by atoms with van der Waals surface area (Å²) in [6, 6.07) is 9.72. The monoisotopic (exact) mass is 246 g/mol. The van der Waals surface area contributed by atoms with Crippen molar-refractivity contribution in [3.05, 3.63) is 48.3 Å². The summed E-state index contributed by atoms with van der Waals surface area (Å²) in [5, 5.41) is 13.4. The first-order chi connectivity index (χ1) is 8.74. The molecule has 96 valence electrons. The molecule has 0 saturated heterocycles. The highest BCUT2D eigenvalue weighted by molar-refractivity contribution is 5.27. The summed E-state index contributed by atoms with van der Waals surface area (Å²) in [7, 11) is 0. The van der Waals surface area contributed by atoms with Crippen LogP contribution in [0.25, 0.3) is 0 Å². The van der Waals surface area contributed by atoms with Crippen molar-refractivity contribution in [3.8, 4) is 5.75 Å². The van der Waals surface area contributed by atoms with Crippen LogP contribution in [0.15, 0.2) is 42.7 Å². The quantitative estimate of drug-likeness (QED) is 0.846. The molecule has 0 fully saturated rings. The van der Waals surface area contributed by atoms with Crippen LogP contribution in [0.1, 0.15) is 12.5 Å². The molecule has 4 heteroatoms. The first-order valence-electron chi connectivity index (χ1n) is 6.11. The number of rotatable bonds is 6. The van der Waals surface area contributed by atoms with Crippen molar-refractivity contribution in [2.24, 2.45) is 0 Å². The normalized spacial score (nSPS) is 12.3. The predicted octanol–water partition coefficient (Wildman–Crippen LogP) is 1.89. The lowest BCUT2D eigenvalue weighted by Crippen LogP contribution is -2.08. The maximum absolute atomic E-state index is 9.28. The second kappa shape index (κ2) is 6.21. The molecular formula is C14H18N2O2. The number of hydrogen-bond donors (Lipinski definition) is 1. The molecule has 0 radical (unpaired) electrons. The summed E-state index contributed by atoms with van der Waals surface area (Å²) >= 11 is 0. The van der Waals surface area contributed by atoms with Gasteiger partial charge < -0.3 is 9.84 Å². The largest absolute Gasteiger partial charge is 0.492 e. The van der Waals surface area contributed by atoms with Crippen LogP contribution in [0.4, 0.5) is 0 Å². The van der Waals surface area contributed by atoms with E-state index in [4.69, 9.17) is 4.74 Å². The van der Waals surface area contributed by atoms with E-state index in [-0.39, 0.29) is 6.10 Å². The summed E-state index contributed by atoms with van der Waals surface area (Å²) in [4.78, 5) is 0. The van der Waals surface area contributed by atoms with Gasteiger partial charge in [-0.15, -0.1) is 0 Å². The Morgan fingerprint density at radius 3 is 2.72 bits per heavy atom. The molecule has 2 rings (SSSR count). The third-order valence-electron chi connectivity index (χ3n) is 2.60. The van der Waals surface area contributed by atoms with Gasteiger partial charge in [-0.25, -0.2) is 0 Å². The maximum Gasteiger partial charge on any atom is 0.119 e. The molecule has 1 aromatic heterocycles. The summed E-state index contributed by atoms with van der Waals surface area (Å²) < 4.78 is 7.45. The Morgan fingerprint density at radius 2 is 2.11 bits per heavy atom. The van der Waals surface area contributed by atoms with Gasteiger partial charge in [0.25, 0.3) is 0 Å². The average molecular weight is 246 g/mol. The number of ether oxygens (including phenoxy) is 1. The molecule has 1 aromatic carbocycles. The Hall–Kier alpha value is -1.81. The summed E-state index contributed by atoms with van der Waals surface area (Å²) in [5.41, 5.74) is 1.12. The standard InChI is InChI=1S/C14H18N2O2/c1-12(17)11-13-3-5-14(6-4-13)18-10-9-16-8-2-7-15-16/h2-8,12,17H,9-11H2,1H3. The van der Waals surface area contributed by atoms with Gasteiger partial charge in [-0.05, 0) is 37.1 Å². The van der Waals surface area contributed by atoms with E-state index in [1.165, 1.54) is 0 Å². The summed E-state index contributed by atoms with van der Waals surface area (Å²) in [6.45, 7) is 3.12. The smallest absolute Gasteiger partial charge is 0.119 e.